The molecule has 0 saturated heterocycles. The number of nitrogens with one attached hydrogen (secondary N) is 1. The summed E-state index contributed by atoms with van der Waals surface area (Å²) in [5.74, 6) is -0.215. The Morgan fingerprint density at radius 1 is 1.45 bits per heavy atom. The number of thiazole rings is 1. The molecular weight excluding hydrogens is 295 g/mol. The Morgan fingerprint density at radius 2 is 2.30 bits per heavy atom. The molecule has 20 heavy (non-hydrogen) atoms. The second-order valence-electron chi connectivity index (χ2n) is 4.28. The number of ether oxygens (including phenoxy) is 1. The summed E-state index contributed by atoms with van der Waals surface area (Å²) in [6.45, 7) is 3.98. The van der Waals surface area contributed by atoms with Gasteiger partial charge >= 0.3 is 0 Å². The van der Waals surface area contributed by atoms with E-state index in [9.17, 15) is 4.39 Å². The lowest BCUT2D eigenvalue weighted by Crippen LogP contribution is -2.19. The highest BCUT2D eigenvalue weighted by atomic mass is 32.2. The van der Waals surface area contributed by atoms with Crippen LogP contribution in [0.4, 0.5) is 4.39 Å². The Hall–Kier alpha value is -0.950. The molecule has 0 aliphatic heterocycles. The van der Waals surface area contributed by atoms with Crippen LogP contribution < -0.4 is 5.32 Å². The largest absolute Gasteiger partial charge is 0.383 e. The maximum atomic E-state index is 13.4. The first-order chi connectivity index (χ1) is 9.69. The molecule has 0 fully saturated rings. The van der Waals surface area contributed by atoms with Gasteiger partial charge in [-0.05, 0) is 30.7 Å². The monoisotopic (exact) mass is 312 g/mol. The quantitative estimate of drug-likeness (QED) is 0.794. The molecule has 1 N–H and O–H groups in total. The van der Waals surface area contributed by atoms with Gasteiger partial charge < -0.3 is 10.1 Å². The molecule has 2 aromatic rings. The Labute approximate surface area is 126 Å². The molecule has 0 radical (unpaired) electrons. The Bertz CT molecular complexity index is 560. The molecule has 3 nitrogen and oxygen atoms in total. The lowest BCUT2D eigenvalue weighted by Gasteiger charge is -2.09. The fourth-order valence-corrected chi connectivity index (χ4v) is 3.56. The van der Waals surface area contributed by atoms with Gasteiger partial charge in [0.2, 0.25) is 0 Å². The zero-order valence-corrected chi connectivity index (χ0v) is 13.1. The minimum atomic E-state index is -0.215. The van der Waals surface area contributed by atoms with Gasteiger partial charge in [-0.2, -0.15) is 0 Å². The van der Waals surface area contributed by atoms with E-state index in [1.807, 2.05) is 18.4 Å². The van der Waals surface area contributed by atoms with Gasteiger partial charge in [-0.1, -0.05) is 11.8 Å². The lowest BCUT2D eigenvalue weighted by molar-refractivity contribution is 0.199. The predicted octanol–water partition coefficient (Wildman–Crippen LogP) is 3.48. The molecular formula is C14H17FN2OS2. The topological polar surface area (TPSA) is 34.1 Å². The first-order valence-electron chi connectivity index (χ1n) is 6.27. The van der Waals surface area contributed by atoms with E-state index in [1.54, 1.807) is 36.3 Å². The molecule has 0 spiro atoms. The van der Waals surface area contributed by atoms with Gasteiger partial charge in [0.05, 0.1) is 6.61 Å². The third kappa shape index (κ3) is 4.56. The van der Waals surface area contributed by atoms with Crippen molar-refractivity contribution in [1.82, 2.24) is 10.3 Å². The zero-order chi connectivity index (χ0) is 14.4. The number of hydrogen-bond donors (Lipinski definition) is 1. The van der Waals surface area contributed by atoms with Gasteiger partial charge in [-0.3, -0.25) is 0 Å². The fourth-order valence-electron chi connectivity index (χ4n) is 1.66. The van der Waals surface area contributed by atoms with Gasteiger partial charge in [-0.25, -0.2) is 9.37 Å². The lowest BCUT2D eigenvalue weighted by atomic mass is 10.2. The van der Waals surface area contributed by atoms with Crippen LogP contribution in [0, 0.1) is 12.7 Å². The highest BCUT2D eigenvalue weighted by Crippen LogP contribution is 2.32. The summed E-state index contributed by atoms with van der Waals surface area (Å²) in [5.41, 5.74) is 1.96. The van der Waals surface area contributed by atoms with Crippen molar-refractivity contribution in [2.75, 3.05) is 20.3 Å². The van der Waals surface area contributed by atoms with E-state index < -0.39 is 0 Å². The van der Waals surface area contributed by atoms with Crippen LogP contribution in [0.2, 0.25) is 0 Å². The second-order valence-corrected chi connectivity index (χ2v) is 6.43. The number of halogens is 1. The molecule has 1 heterocycles. The minimum Gasteiger partial charge on any atom is -0.383 e. The standard InChI is InChI=1S/C14H17FN2OS2/c1-10-9-19-14(17-10)20-13-4-3-12(15)7-11(13)8-16-5-6-18-2/h3-4,7,9,16H,5-6,8H2,1-2H3. The van der Waals surface area contributed by atoms with Crippen LogP contribution in [-0.2, 0) is 11.3 Å². The van der Waals surface area contributed by atoms with Crippen LogP contribution in [0.3, 0.4) is 0 Å². The van der Waals surface area contributed by atoms with Gasteiger partial charge in [-0.15, -0.1) is 11.3 Å². The van der Waals surface area contributed by atoms with E-state index in [0.29, 0.717) is 13.2 Å². The van der Waals surface area contributed by atoms with E-state index in [1.165, 1.54) is 6.07 Å². The zero-order valence-electron chi connectivity index (χ0n) is 11.5. The van der Waals surface area contributed by atoms with Crippen molar-refractivity contribution < 1.29 is 9.13 Å². The first kappa shape index (κ1) is 15.4. The maximum absolute atomic E-state index is 13.4. The highest BCUT2D eigenvalue weighted by Gasteiger charge is 2.08. The maximum Gasteiger partial charge on any atom is 0.154 e. The van der Waals surface area contributed by atoms with Gasteiger partial charge in [0.25, 0.3) is 0 Å². The van der Waals surface area contributed by atoms with Crippen LogP contribution in [-0.4, -0.2) is 25.2 Å². The SMILES string of the molecule is COCCNCc1cc(F)ccc1Sc1nc(C)cs1. The molecule has 0 amide bonds. The van der Waals surface area contributed by atoms with Crippen molar-refractivity contribution in [1.29, 1.82) is 0 Å². The number of nitrogens with zero attached hydrogens (tertiary/aromatic N) is 1. The number of benzene rings is 1. The van der Waals surface area contributed by atoms with Gasteiger partial charge in [0.15, 0.2) is 4.34 Å². The first-order valence-corrected chi connectivity index (χ1v) is 7.96. The van der Waals surface area contributed by atoms with Crippen LogP contribution in [0.25, 0.3) is 0 Å². The van der Waals surface area contributed by atoms with E-state index in [4.69, 9.17) is 4.74 Å². The summed E-state index contributed by atoms with van der Waals surface area (Å²) in [5, 5.41) is 5.26. The summed E-state index contributed by atoms with van der Waals surface area (Å²) < 4.78 is 19.4. The van der Waals surface area contributed by atoms with Crippen molar-refractivity contribution in [3.63, 3.8) is 0 Å². The normalized spacial score (nSPS) is 10.9. The minimum absolute atomic E-state index is 0.215. The van der Waals surface area contributed by atoms with Crippen molar-refractivity contribution in [2.45, 2.75) is 22.7 Å². The van der Waals surface area contributed by atoms with E-state index in [0.717, 1.165) is 27.0 Å². The molecule has 0 unspecified atom stereocenters. The number of hydrogen-bond acceptors (Lipinski definition) is 5. The molecule has 108 valence electrons. The van der Waals surface area contributed by atoms with Crippen molar-refractivity contribution in [2.24, 2.45) is 0 Å². The summed E-state index contributed by atoms with van der Waals surface area (Å²) in [4.78, 5) is 5.46. The van der Waals surface area contributed by atoms with E-state index in [2.05, 4.69) is 10.3 Å². The molecule has 0 aliphatic rings. The third-order valence-electron chi connectivity index (χ3n) is 2.62. The molecule has 0 saturated carbocycles. The number of methoxy groups -OCH3 is 1. The van der Waals surface area contributed by atoms with Crippen molar-refractivity contribution in [3.8, 4) is 0 Å². The average molecular weight is 312 g/mol. The molecule has 0 bridgehead atoms. The number of rotatable bonds is 7. The Balaban J connectivity index is 2.06. The summed E-state index contributed by atoms with van der Waals surface area (Å²) in [6, 6.07) is 4.87. The van der Waals surface area contributed by atoms with Crippen molar-refractivity contribution in [3.05, 3.63) is 40.7 Å². The predicted molar refractivity (Wildman–Crippen MR) is 81.0 cm³/mol. The molecule has 1 aromatic heterocycles. The van der Waals surface area contributed by atoms with Crippen LogP contribution in [0.1, 0.15) is 11.3 Å². The van der Waals surface area contributed by atoms with Gasteiger partial charge in [0, 0.05) is 36.2 Å². The Kier molecular flexibility index (Phi) is 5.97. The molecule has 1 aromatic carbocycles. The molecule has 0 atom stereocenters. The van der Waals surface area contributed by atoms with Crippen molar-refractivity contribution >= 4 is 23.1 Å². The summed E-state index contributed by atoms with van der Waals surface area (Å²) in [6.07, 6.45) is 0. The summed E-state index contributed by atoms with van der Waals surface area (Å²) >= 11 is 3.18. The Morgan fingerprint density at radius 3 is 3.00 bits per heavy atom. The van der Waals surface area contributed by atoms with Crippen LogP contribution in [0.5, 0.6) is 0 Å². The average Bonchev–Trinajstić information content (AvgIpc) is 2.83. The van der Waals surface area contributed by atoms with Gasteiger partial charge in [0.1, 0.15) is 5.82 Å². The highest BCUT2D eigenvalue weighted by molar-refractivity contribution is 8.01. The number of aryl methyl sites for hydroxylation is 1. The van der Waals surface area contributed by atoms with E-state index in [-0.39, 0.29) is 5.82 Å². The second kappa shape index (κ2) is 7.73. The summed E-state index contributed by atoms with van der Waals surface area (Å²) in [7, 11) is 1.66. The van der Waals surface area contributed by atoms with E-state index >= 15 is 0 Å². The number of aromatic nitrogens is 1. The van der Waals surface area contributed by atoms with Crippen LogP contribution in [0.15, 0.2) is 32.8 Å². The van der Waals surface area contributed by atoms with Crippen LogP contribution >= 0.6 is 23.1 Å². The molecule has 6 heteroatoms. The third-order valence-corrected chi connectivity index (χ3v) is 4.79. The molecule has 2 rings (SSSR count). The molecule has 0 aliphatic carbocycles. The smallest absolute Gasteiger partial charge is 0.154 e. The fraction of sp³-hybridized carbons (Fsp3) is 0.357.